The van der Waals surface area contributed by atoms with Crippen molar-refractivity contribution in [1.29, 1.82) is 0 Å². The van der Waals surface area contributed by atoms with Crippen LogP contribution in [0.2, 0.25) is 0 Å². The number of hydrogen-bond acceptors (Lipinski definition) is 3. The summed E-state index contributed by atoms with van der Waals surface area (Å²) >= 11 is 1.82. The molecule has 0 bridgehead atoms. The molecule has 17 heavy (non-hydrogen) atoms. The van der Waals surface area contributed by atoms with Crippen LogP contribution in [0.5, 0.6) is 0 Å². The van der Waals surface area contributed by atoms with E-state index in [1.54, 1.807) is 0 Å². The minimum absolute atomic E-state index is 0.153. The number of nitrogens with two attached hydrogens (primary N) is 1. The molecule has 1 aromatic carbocycles. The van der Waals surface area contributed by atoms with Gasteiger partial charge in [0, 0.05) is 15.8 Å². The van der Waals surface area contributed by atoms with Crippen LogP contribution in [0.25, 0.3) is 0 Å². The second-order valence-corrected chi connectivity index (χ2v) is 6.17. The van der Waals surface area contributed by atoms with Crippen molar-refractivity contribution in [1.82, 2.24) is 0 Å². The maximum Gasteiger partial charge on any atom is 0.0662 e. The number of nitrogen functional groups attached to an aromatic ring is 1. The Balaban J connectivity index is 2.08. The van der Waals surface area contributed by atoms with Gasteiger partial charge in [0.1, 0.15) is 0 Å². The van der Waals surface area contributed by atoms with E-state index in [9.17, 15) is 5.11 Å². The standard InChI is InChI=1S/C14H21NOS/c1-10-9-11(15)7-8-13(10)17-14-6-4-2-3-5-12(14)16/h7-9,12,14,16H,2-6,15H2,1H3. The number of thioether (sulfide) groups is 1. The first kappa shape index (κ1) is 12.8. The van der Waals surface area contributed by atoms with E-state index in [1.807, 2.05) is 23.9 Å². The number of benzene rings is 1. The highest BCUT2D eigenvalue weighted by molar-refractivity contribution is 8.00. The van der Waals surface area contributed by atoms with Crippen molar-refractivity contribution in [2.75, 3.05) is 5.73 Å². The number of aliphatic hydroxyl groups is 1. The molecule has 0 radical (unpaired) electrons. The average Bonchev–Trinajstić information content (AvgIpc) is 2.48. The molecule has 1 saturated carbocycles. The first-order valence-corrected chi connectivity index (χ1v) is 7.25. The van der Waals surface area contributed by atoms with Gasteiger partial charge < -0.3 is 10.8 Å². The average molecular weight is 251 g/mol. The summed E-state index contributed by atoms with van der Waals surface area (Å²) in [7, 11) is 0. The number of aliphatic hydroxyl groups excluding tert-OH is 1. The topological polar surface area (TPSA) is 46.2 Å². The fourth-order valence-electron chi connectivity index (χ4n) is 2.36. The smallest absolute Gasteiger partial charge is 0.0662 e. The molecule has 2 rings (SSSR count). The van der Waals surface area contributed by atoms with Gasteiger partial charge in [-0.25, -0.2) is 0 Å². The van der Waals surface area contributed by atoms with Crippen LogP contribution in [-0.2, 0) is 0 Å². The van der Waals surface area contributed by atoms with Gasteiger partial charge in [0.05, 0.1) is 6.10 Å². The molecular formula is C14H21NOS. The van der Waals surface area contributed by atoms with Crippen LogP contribution < -0.4 is 5.73 Å². The van der Waals surface area contributed by atoms with Crippen molar-refractivity contribution in [3.63, 3.8) is 0 Å². The van der Waals surface area contributed by atoms with Crippen molar-refractivity contribution >= 4 is 17.4 Å². The number of anilines is 1. The molecule has 2 unspecified atom stereocenters. The first-order valence-electron chi connectivity index (χ1n) is 6.37. The van der Waals surface area contributed by atoms with E-state index in [1.165, 1.54) is 29.7 Å². The van der Waals surface area contributed by atoms with Crippen LogP contribution in [0.1, 0.15) is 37.7 Å². The lowest BCUT2D eigenvalue weighted by molar-refractivity contribution is 0.163. The van der Waals surface area contributed by atoms with Gasteiger partial charge in [0.2, 0.25) is 0 Å². The van der Waals surface area contributed by atoms with Crippen LogP contribution in [0, 0.1) is 6.92 Å². The van der Waals surface area contributed by atoms with Crippen LogP contribution in [0.3, 0.4) is 0 Å². The molecule has 0 amide bonds. The van der Waals surface area contributed by atoms with Crippen LogP contribution in [0.4, 0.5) is 5.69 Å². The quantitative estimate of drug-likeness (QED) is 0.626. The zero-order valence-electron chi connectivity index (χ0n) is 10.4. The van der Waals surface area contributed by atoms with Gasteiger partial charge in [-0.3, -0.25) is 0 Å². The predicted octanol–water partition coefficient (Wildman–Crippen LogP) is 3.36. The van der Waals surface area contributed by atoms with Crippen LogP contribution in [-0.4, -0.2) is 16.5 Å². The van der Waals surface area contributed by atoms with Crippen molar-refractivity contribution in [2.45, 2.75) is 55.3 Å². The van der Waals surface area contributed by atoms with Gasteiger partial charge in [-0.05, 0) is 43.5 Å². The summed E-state index contributed by atoms with van der Waals surface area (Å²) in [5.74, 6) is 0. The summed E-state index contributed by atoms with van der Waals surface area (Å²) < 4.78 is 0. The predicted molar refractivity (Wildman–Crippen MR) is 74.3 cm³/mol. The maximum absolute atomic E-state index is 10.1. The molecule has 2 nitrogen and oxygen atoms in total. The molecule has 0 spiro atoms. The van der Waals surface area contributed by atoms with Crippen molar-refractivity contribution in [3.05, 3.63) is 23.8 Å². The number of aryl methyl sites for hydroxylation is 1. The molecule has 94 valence electrons. The summed E-state index contributed by atoms with van der Waals surface area (Å²) in [4.78, 5) is 1.25. The molecule has 0 saturated heterocycles. The van der Waals surface area contributed by atoms with Crippen molar-refractivity contribution < 1.29 is 5.11 Å². The highest BCUT2D eigenvalue weighted by Crippen LogP contribution is 2.35. The van der Waals surface area contributed by atoms with Gasteiger partial charge >= 0.3 is 0 Å². The SMILES string of the molecule is Cc1cc(N)ccc1SC1CCCCCC1O. The van der Waals surface area contributed by atoms with E-state index in [-0.39, 0.29) is 6.10 Å². The van der Waals surface area contributed by atoms with E-state index < -0.39 is 0 Å². The third-order valence-electron chi connectivity index (χ3n) is 3.40. The lowest BCUT2D eigenvalue weighted by Gasteiger charge is -2.20. The maximum atomic E-state index is 10.1. The molecule has 0 aliphatic heterocycles. The minimum Gasteiger partial charge on any atom is -0.399 e. The monoisotopic (exact) mass is 251 g/mol. The molecule has 1 aliphatic carbocycles. The molecule has 1 aromatic rings. The Labute approximate surface area is 108 Å². The second kappa shape index (κ2) is 5.78. The Morgan fingerprint density at radius 1 is 1.24 bits per heavy atom. The summed E-state index contributed by atoms with van der Waals surface area (Å²) in [6.07, 6.45) is 5.58. The largest absolute Gasteiger partial charge is 0.399 e. The molecule has 3 N–H and O–H groups in total. The molecule has 1 aliphatic rings. The minimum atomic E-state index is -0.153. The Hall–Kier alpha value is -0.670. The lowest BCUT2D eigenvalue weighted by Crippen LogP contribution is -2.21. The highest BCUT2D eigenvalue weighted by Gasteiger charge is 2.22. The number of rotatable bonds is 2. The molecule has 2 atom stereocenters. The molecule has 1 fully saturated rings. The van der Waals surface area contributed by atoms with E-state index in [2.05, 4.69) is 13.0 Å². The molecule has 3 heteroatoms. The van der Waals surface area contributed by atoms with Crippen molar-refractivity contribution in [3.8, 4) is 0 Å². The summed E-state index contributed by atoms with van der Waals surface area (Å²) in [6.45, 7) is 2.09. The fourth-order valence-corrected chi connectivity index (χ4v) is 3.65. The summed E-state index contributed by atoms with van der Waals surface area (Å²) in [5, 5.41) is 10.5. The second-order valence-electron chi connectivity index (χ2n) is 4.89. The third kappa shape index (κ3) is 3.39. The van der Waals surface area contributed by atoms with Gasteiger partial charge in [0.15, 0.2) is 0 Å². The van der Waals surface area contributed by atoms with Gasteiger partial charge in [0.25, 0.3) is 0 Å². The van der Waals surface area contributed by atoms with E-state index >= 15 is 0 Å². The van der Waals surface area contributed by atoms with Crippen molar-refractivity contribution in [2.24, 2.45) is 0 Å². The Bertz CT molecular complexity index is 380. The Morgan fingerprint density at radius 2 is 2.00 bits per heavy atom. The Kier molecular flexibility index (Phi) is 4.35. The highest BCUT2D eigenvalue weighted by atomic mass is 32.2. The zero-order chi connectivity index (χ0) is 12.3. The molecular weight excluding hydrogens is 230 g/mol. The number of hydrogen-bond donors (Lipinski definition) is 2. The van der Waals surface area contributed by atoms with Gasteiger partial charge in [-0.2, -0.15) is 0 Å². The zero-order valence-corrected chi connectivity index (χ0v) is 11.2. The van der Waals surface area contributed by atoms with E-state index in [0.717, 1.165) is 18.5 Å². The fraction of sp³-hybridized carbons (Fsp3) is 0.571. The van der Waals surface area contributed by atoms with E-state index in [0.29, 0.717) is 5.25 Å². The van der Waals surface area contributed by atoms with Gasteiger partial charge in [-0.1, -0.05) is 19.3 Å². The third-order valence-corrected chi connectivity index (χ3v) is 4.96. The lowest BCUT2D eigenvalue weighted by atomic mass is 10.1. The van der Waals surface area contributed by atoms with Crippen LogP contribution >= 0.6 is 11.8 Å². The molecule has 0 heterocycles. The molecule has 0 aromatic heterocycles. The van der Waals surface area contributed by atoms with Gasteiger partial charge in [-0.15, -0.1) is 11.8 Å². The summed E-state index contributed by atoms with van der Waals surface area (Å²) in [5.41, 5.74) is 7.78. The Morgan fingerprint density at radius 3 is 2.76 bits per heavy atom. The van der Waals surface area contributed by atoms with E-state index in [4.69, 9.17) is 5.73 Å². The summed E-state index contributed by atoms with van der Waals surface area (Å²) in [6, 6.07) is 6.02. The van der Waals surface area contributed by atoms with Crippen LogP contribution in [0.15, 0.2) is 23.1 Å². The first-order chi connectivity index (χ1) is 8.16. The normalized spacial score (nSPS) is 25.5.